The highest BCUT2D eigenvalue weighted by atomic mass is 19.1. The fourth-order valence-electron chi connectivity index (χ4n) is 5.18. The van der Waals surface area contributed by atoms with Crippen LogP contribution in [-0.4, -0.2) is 46.5 Å². The van der Waals surface area contributed by atoms with Crippen molar-refractivity contribution < 1.29 is 9.18 Å². The van der Waals surface area contributed by atoms with Crippen LogP contribution < -0.4 is 10.2 Å². The molecule has 0 spiro atoms. The molecule has 0 saturated carbocycles. The number of imidazole rings is 1. The molecule has 6 nitrogen and oxygen atoms in total. The number of nitrogens with one attached hydrogen (secondary N) is 1. The van der Waals surface area contributed by atoms with Crippen molar-refractivity contribution in [3.8, 4) is 0 Å². The number of aromatic nitrogens is 2. The maximum Gasteiger partial charge on any atom is 0.254 e. The van der Waals surface area contributed by atoms with Crippen LogP contribution >= 0.6 is 0 Å². The predicted molar refractivity (Wildman–Crippen MR) is 136 cm³/mol. The maximum absolute atomic E-state index is 14.0. The Morgan fingerprint density at radius 1 is 0.914 bits per heavy atom. The van der Waals surface area contributed by atoms with Crippen LogP contribution in [-0.2, 0) is 4.79 Å². The van der Waals surface area contributed by atoms with E-state index in [1.165, 1.54) is 17.8 Å². The lowest BCUT2D eigenvalue weighted by Gasteiger charge is -2.39. The molecule has 0 aliphatic carbocycles. The number of carbonyl (C=O) groups excluding carboxylic acids is 1. The van der Waals surface area contributed by atoms with Crippen LogP contribution in [0.4, 0.5) is 16.0 Å². The van der Waals surface area contributed by atoms with Crippen LogP contribution in [0.5, 0.6) is 0 Å². The fourth-order valence-corrected chi connectivity index (χ4v) is 5.18. The van der Waals surface area contributed by atoms with E-state index in [-0.39, 0.29) is 11.7 Å². The first kappa shape index (κ1) is 21.4. The van der Waals surface area contributed by atoms with E-state index in [1.54, 1.807) is 12.1 Å². The van der Waals surface area contributed by atoms with Crippen molar-refractivity contribution in [3.63, 3.8) is 0 Å². The molecule has 1 amide bonds. The summed E-state index contributed by atoms with van der Waals surface area (Å²) in [5, 5.41) is 3.36. The van der Waals surface area contributed by atoms with Gasteiger partial charge in [-0.2, -0.15) is 0 Å². The van der Waals surface area contributed by atoms with E-state index in [2.05, 4.69) is 26.9 Å². The number of nitrogens with zero attached hydrogens (tertiary/aromatic N) is 4. The number of para-hydroxylation sites is 3. The zero-order chi connectivity index (χ0) is 23.9. The molecule has 6 rings (SSSR count). The zero-order valence-electron chi connectivity index (χ0n) is 19.5. The first-order valence-corrected chi connectivity index (χ1v) is 11.9. The lowest BCUT2D eigenvalue weighted by Crippen LogP contribution is -2.50. The van der Waals surface area contributed by atoms with Gasteiger partial charge in [0, 0.05) is 37.6 Å². The third-order valence-electron chi connectivity index (χ3n) is 6.94. The van der Waals surface area contributed by atoms with E-state index in [0.717, 1.165) is 35.4 Å². The van der Waals surface area contributed by atoms with Crippen LogP contribution in [0, 0.1) is 5.82 Å². The maximum atomic E-state index is 14.0. The Morgan fingerprint density at radius 3 is 2.34 bits per heavy atom. The summed E-state index contributed by atoms with van der Waals surface area (Å²) < 4.78 is 15.9. The summed E-state index contributed by atoms with van der Waals surface area (Å²) in [6, 6.07) is 24.2. The summed E-state index contributed by atoms with van der Waals surface area (Å²) in [7, 11) is 0. The Balaban J connectivity index is 1.37. The second-order valence-electron chi connectivity index (χ2n) is 9.03. The minimum Gasteiger partial charge on any atom is -0.368 e. The van der Waals surface area contributed by atoms with Crippen molar-refractivity contribution in [3.05, 3.63) is 102 Å². The number of rotatable bonds is 3. The van der Waals surface area contributed by atoms with Gasteiger partial charge in [0.05, 0.1) is 22.6 Å². The minimum absolute atomic E-state index is 0.000433. The average molecular weight is 468 g/mol. The summed E-state index contributed by atoms with van der Waals surface area (Å²) in [6.07, 6.45) is 0. The number of carbonyl (C=O) groups is 1. The highest BCUT2D eigenvalue weighted by Crippen LogP contribution is 2.40. The third-order valence-corrected chi connectivity index (χ3v) is 6.94. The normalized spacial score (nSPS) is 17.9. The molecular formula is C28H26FN5O. The van der Waals surface area contributed by atoms with Crippen molar-refractivity contribution in [2.24, 2.45) is 0 Å². The lowest BCUT2D eigenvalue weighted by atomic mass is 9.93. The topological polar surface area (TPSA) is 53.4 Å². The van der Waals surface area contributed by atoms with Crippen molar-refractivity contribution in [2.45, 2.75) is 13.0 Å². The van der Waals surface area contributed by atoms with Crippen LogP contribution in [0.15, 0.2) is 90.1 Å². The average Bonchev–Trinajstić information content (AvgIpc) is 3.26. The second kappa shape index (κ2) is 8.58. The molecule has 1 saturated heterocycles. The minimum atomic E-state index is -0.404. The van der Waals surface area contributed by atoms with Gasteiger partial charge in [0.2, 0.25) is 5.95 Å². The molecule has 35 heavy (non-hydrogen) atoms. The quantitative estimate of drug-likeness (QED) is 0.470. The predicted octanol–water partition coefficient (Wildman–Crippen LogP) is 4.81. The standard InChI is InChI=1S/C28H26FN5O/c1-19-25(27(35)33-17-15-32(16-18-33)22-7-3-2-4-8-22)26(20-11-13-21(29)14-12-20)34-24-10-6-5-9-23(24)31-28(34)30-19/h2-14,26H,15-18H2,1H3,(H,30,31)/t26-/m0/s1. The van der Waals surface area contributed by atoms with Gasteiger partial charge in [0.25, 0.3) is 5.91 Å². The van der Waals surface area contributed by atoms with E-state index < -0.39 is 6.04 Å². The molecule has 2 aliphatic heterocycles. The highest BCUT2D eigenvalue weighted by Gasteiger charge is 2.36. The molecule has 1 atom stereocenters. The van der Waals surface area contributed by atoms with Gasteiger partial charge in [-0.3, -0.25) is 9.36 Å². The Morgan fingerprint density at radius 2 is 1.60 bits per heavy atom. The van der Waals surface area contributed by atoms with Crippen molar-refractivity contribution in [2.75, 3.05) is 36.4 Å². The highest BCUT2D eigenvalue weighted by molar-refractivity contribution is 5.98. The molecule has 176 valence electrons. The molecule has 0 bridgehead atoms. The van der Waals surface area contributed by atoms with Gasteiger partial charge in [0.1, 0.15) is 5.82 Å². The second-order valence-corrected chi connectivity index (χ2v) is 9.03. The Kier molecular flexibility index (Phi) is 5.25. The van der Waals surface area contributed by atoms with Crippen LogP contribution in [0.2, 0.25) is 0 Å². The molecule has 2 aliphatic rings. The molecule has 1 fully saturated rings. The molecule has 4 aromatic rings. The van der Waals surface area contributed by atoms with Gasteiger partial charge in [-0.05, 0) is 48.9 Å². The largest absolute Gasteiger partial charge is 0.368 e. The number of benzene rings is 3. The molecular weight excluding hydrogens is 441 g/mol. The summed E-state index contributed by atoms with van der Waals surface area (Å²) in [4.78, 5) is 23.0. The number of halogens is 1. The van der Waals surface area contributed by atoms with E-state index in [4.69, 9.17) is 4.98 Å². The molecule has 1 aromatic heterocycles. The number of anilines is 2. The monoisotopic (exact) mass is 467 g/mol. The Labute approximate surface area is 203 Å². The van der Waals surface area contributed by atoms with Gasteiger partial charge in [0.15, 0.2) is 0 Å². The molecule has 3 aromatic carbocycles. The summed E-state index contributed by atoms with van der Waals surface area (Å²) in [5.41, 5.74) is 5.24. The van der Waals surface area contributed by atoms with Gasteiger partial charge in [-0.1, -0.05) is 42.5 Å². The van der Waals surface area contributed by atoms with Gasteiger partial charge >= 0.3 is 0 Å². The van der Waals surface area contributed by atoms with E-state index in [1.807, 2.05) is 54.3 Å². The van der Waals surface area contributed by atoms with Crippen LogP contribution in [0.25, 0.3) is 11.0 Å². The Hall–Kier alpha value is -4.13. The lowest BCUT2D eigenvalue weighted by molar-refractivity contribution is -0.127. The number of allylic oxidation sites excluding steroid dienone is 1. The third kappa shape index (κ3) is 3.73. The number of hydrogen-bond acceptors (Lipinski definition) is 4. The van der Waals surface area contributed by atoms with Crippen LogP contribution in [0.3, 0.4) is 0 Å². The molecule has 3 heterocycles. The number of fused-ring (bicyclic) bond motifs is 3. The first-order valence-electron chi connectivity index (χ1n) is 11.9. The van der Waals surface area contributed by atoms with E-state index >= 15 is 0 Å². The number of piperazine rings is 1. The molecule has 0 radical (unpaired) electrons. The molecule has 7 heteroatoms. The summed E-state index contributed by atoms with van der Waals surface area (Å²) in [5.74, 6) is 0.382. The van der Waals surface area contributed by atoms with Crippen molar-refractivity contribution >= 4 is 28.6 Å². The zero-order valence-corrected chi connectivity index (χ0v) is 19.5. The van der Waals surface area contributed by atoms with E-state index in [9.17, 15) is 9.18 Å². The van der Waals surface area contributed by atoms with Gasteiger partial charge < -0.3 is 15.1 Å². The van der Waals surface area contributed by atoms with Crippen LogP contribution in [0.1, 0.15) is 18.5 Å². The SMILES string of the molecule is CC1=C(C(=O)N2CCN(c3ccccc3)CC2)[C@H](c2ccc(F)cc2)n2c(nc3ccccc32)N1. The first-order chi connectivity index (χ1) is 17.1. The summed E-state index contributed by atoms with van der Waals surface area (Å²) >= 11 is 0. The number of amides is 1. The smallest absolute Gasteiger partial charge is 0.254 e. The van der Waals surface area contributed by atoms with Crippen molar-refractivity contribution in [1.82, 2.24) is 14.5 Å². The molecule has 1 N–H and O–H groups in total. The van der Waals surface area contributed by atoms with Gasteiger partial charge in [-0.25, -0.2) is 9.37 Å². The van der Waals surface area contributed by atoms with Gasteiger partial charge in [-0.15, -0.1) is 0 Å². The van der Waals surface area contributed by atoms with Crippen molar-refractivity contribution in [1.29, 1.82) is 0 Å². The Bertz CT molecular complexity index is 1420. The fraction of sp³-hybridized carbons (Fsp3) is 0.214. The molecule has 0 unspecified atom stereocenters. The van der Waals surface area contributed by atoms with E-state index in [0.29, 0.717) is 24.6 Å². The number of hydrogen-bond donors (Lipinski definition) is 1. The summed E-state index contributed by atoms with van der Waals surface area (Å²) in [6.45, 7) is 4.75.